The van der Waals surface area contributed by atoms with Gasteiger partial charge >= 0.3 is 12.1 Å². The molecule has 0 fully saturated rings. The predicted octanol–water partition coefficient (Wildman–Crippen LogP) is 5.35. The molecule has 190 valence electrons. The molecule has 0 spiro atoms. The van der Waals surface area contributed by atoms with E-state index >= 15 is 0 Å². The number of fused-ring (bicyclic) bond motifs is 1. The van der Waals surface area contributed by atoms with Gasteiger partial charge in [0.1, 0.15) is 0 Å². The van der Waals surface area contributed by atoms with Gasteiger partial charge in [0.05, 0.1) is 29.2 Å². The Morgan fingerprint density at radius 3 is 2.57 bits per heavy atom. The number of halogens is 3. The number of benzene rings is 2. The van der Waals surface area contributed by atoms with Gasteiger partial charge in [0, 0.05) is 55.3 Å². The lowest BCUT2D eigenvalue weighted by Gasteiger charge is -2.28. The van der Waals surface area contributed by atoms with Gasteiger partial charge in [-0.25, -0.2) is 0 Å². The molecule has 0 aliphatic carbocycles. The van der Waals surface area contributed by atoms with Crippen LogP contribution in [0.25, 0.3) is 22.5 Å². The summed E-state index contributed by atoms with van der Waals surface area (Å²) < 4.78 is 42.8. The van der Waals surface area contributed by atoms with E-state index in [9.17, 15) is 23.1 Å². The van der Waals surface area contributed by atoms with Crippen LogP contribution in [0.4, 0.5) is 24.5 Å². The number of carboxylic acids is 1. The van der Waals surface area contributed by atoms with E-state index in [4.69, 9.17) is 4.98 Å². The summed E-state index contributed by atoms with van der Waals surface area (Å²) in [7, 11) is 1.65. The van der Waals surface area contributed by atoms with Gasteiger partial charge < -0.3 is 10.4 Å². The second kappa shape index (κ2) is 9.70. The van der Waals surface area contributed by atoms with Gasteiger partial charge in [-0.15, -0.1) is 0 Å². The number of alkyl halides is 3. The molecule has 4 aromatic rings. The van der Waals surface area contributed by atoms with Gasteiger partial charge in [-0.05, 0) is 35.9 Å². The quantitative estimate of drug-likeness (QED) is 0.366. The fourth-order valence-electron chi connectivity index (χ4n) is 4.56. The van der Waals surface area contributed by atoms with E-state index in [0.29, 0.717) is 36.6 Å². The molecule has 2 N–H and O–H groups in total. The maximum atomic E-state index is 13.8. The fourth-order valence-corrected chi connectivity index (χ4v) is 4.56. The van der Waals surface area contributed by atoms with E-state index in [1.54, 1.807) is 19.3 Å². The van der Waals surface area contributed by atoms with Gasteiger partial charge in [0.25, 0.3) is 0 Å². The Kier molecular flexibility index (Phi) is 6.43. The van der Waals surface area contributed by atoms with Crippen LogP contribution in [-0.4, -0.2) is 43.8 Å². The SMILES string of the molecule is Cn1ccc(-c2cc(Nc3cc4c(nc3-c3ccccc3)CCN(CC(=O)O)C4)ccc2C(F)(F)F)n1. The number of carboxylic acid groups (broad SMARTS) is 1. The molecular weight excluding hydrogens is 483 g/mol. The van der Waals surface area contributed by atoms with Crippen LogP contribution in [0.2, 0.25) is 0 Å². The number of nitrogens with one attached hydrogen (secondary N) is 1. The minimum atomic E-state index is -4.54. The molecule has 2 aromatic heterocycles. The average Bonchev–Trinajstić information content (AvgIpc) is 3.29. The highest BCUT2D eigenvalue weighted by molar-refractivity contribution is 5.81. The van der Waals surface area contributed by atoms with Crippen LogP contribution in [0.15, 0.2) is 66.9 Å². The molecule has 1 aliphatic rings. The third-order valence-corrected chi connectivity index (χ3v) is 6.25. The second-order valence-corrected chi connectivity index (χ2v) is 8.97. The molecule has 1 aliphatic heterocycles. The number of aryl methyl sites for hydroxylation is 1. The van der Waals surface area contributed by atoms with Crippen LogP contribution in [0.3, 0.4) is 0 Å². The maximum absolute atomic E-state index is 13.8. The summed E-state index contributed by atoms with van der Waals surface area (Å²) in [5.74, 6) is -0.900. The van der Waals surface area contributed by atoms with Gasteiger partial charge in [-0.3, -0.25) is 19.4 Å². The van der Waals surface area contributed by atoms with E-state index in [-0.39, 0.29) is 17.8 Å². The lowest BCUT2D eigenvalue weighted by molar-refractivity contribution is -0.139. The smallest absolute Gasteiger partial charge is 0.417 e. The van der Waals surface area contributed by atoms with Crippen LogP contribution < -0.4 is 5.32 Å². The number of aliphatic carboxylic acids is 1. The third kappa shape index (κ3) is 5.34. The Labute approximate surface area is 211 Å². The largest absolute Gasteiger partial charge is 0.480 e. The number of nitrogens with zero attached hydrogens (tertiary/aromatic N) is 4. The molecule has 37 heavy (non-hydrogen) atoms. The van der Waals surface area contributed by atoms with E-state index in [2.05, 4.69) is 10.4 Å². The van der Waals surface area contributed by atoms with Crippen LogP contribution in [0.1, 0.15) is 16.8 Å². The number of hydrogen-bond acceptors (Lipinski definition) is 5. The lowest BCUT2D eigenvalue weighted by atomic mass is 10.00. The first-order chi connectivity index (χ1) is 17.7. The second-order valence-electron chi connectivity index (χ2n) is 8.97. The standard InChI is InChI=1S/C27H24F3N5O2/c1-34-11-9-23(33-34)20-14-19(7-8-21(20)27(28,29)30)31-24-13-18-15-35(16-25(36)37)12-10-22(18)32-26(24)17-5-3-2-4-6-17/h2-9,11,13-14,31H,10,12,15-16H2,1H3,(H,36,37). The van der Waals surface area contributed by atoms with Gasteiger partial charge in [-0.2, -0.15) is 18.3 Å². The number of carbonyl (C=O) groups is 1. The van der Waals surface area contributed by atoms with Crippen molar-refractivity contribution in [2.24, 2.45) is 7.05 Å². The van der Waals surface area contributed by atoms with Crippen molar-refractivity contribution in [3.63, 3.8) is 0 Å². The third-order valence-electron chi connectivity index (χ3n) is 6.25. The predicted molar refractivity (Wildman–Crippen MR) is 133 cm³/mol. The zero-order valence-corrected chi connectivity index (χ0v) is 20.0. The van der Waals surface area contributed by atoms with Crippen LogP contribution in [0, 0.1) is 0 Å². The summed E-state index contributed by atoms with van der Waals surface area (Å²) in [5, 5.41) is 16.7. The Hall–Kier alpha value is -4.18. The molecule has 7 nitrogen and oxygen atoms in total. The van der Waals surface area contributed by atoms with Crippen molar-refractivity contribution in [3.8, 4) is 22.5 Å². The average molecular weight is 508 g/mol. The Morgan fingerprint density at radius 2 is 1.89 bits per heavy atom. The molecule has 0 saturated carbocycles. The molecule has 0 atom stereocenters. The van der Waals surface area contributed by atoms with Gasteiger partial charge in [0.2, 0.25) is 0 Å². The zero-order valence-electron chi connectivity index (χ0n) is 20.0. The minimum absolute atomic E-state index is 0.0297. The van der Waals surface area contributed by atoms with Crippen molar-refractivity contribution in [2.75, 3.05) is 18.4 Å². The Balaban J connectivity index is 1.58. The van der Waals surface area contributed by atoms with E-state index in [0.717, 1.165) is 22.9 Å². The first-order valence-electron chi connectivity index (χ1n) is 11.7. The van der Waals surface area contributed by atoms with Crippen molar-refractivity contribution in [3.05, 3.63) is 83.7 Å². The van der Waals surface area contributed by atoms with Crippen molar-refractivity contribution in [2.45, 2.75) is 19.1 Å². The van der Waals surface area contributed by atoms with Crippen LogP contribution in [-0.2, 0) is 31.0 Å². The van der Waals surface area contributed by atoms with E-state index < -0.39 is 17.7 Å². The van der Waals surface area contributed by atoms with E-state index in [1.807, 2.05) is 41.3 Å². The molecular formula is C27H24F3N5O2. The van der Waals surface area contributed by atoms with Crippen molar-refractivity contribution in [1.82, 2.24) is 19.7 Å². The minimum Gasteiger partial charge on any atom is -0.480 e. The number of pyridine rings is 1. The summed E-state index contributed by atoms with van der Waals surface area (Å²) in [6.07, 6.45) is -2.34. The molecule has 0 radical (unpaired) electrons. The summed E-state index contributed by atoms with van der Waals surface area (Å²) in [4.78, 5) is 17.9. The topological polar surface area (TPSA) is 83.3 Å². The Morgan fingerprint density at radius 1 is 1.11 bits per heavy atom. The fraction of sp³-hybridized carbons (Fsp3) is 0.222. The summed E-state index contributed by atoms with van der Waals surface area (Å²) in [6.45, 7) is 0.930. The van der Waals surface area contributed by atoms with Gasteiger partial charge in [0.15, 0.2) is 0 Å². The molecule has 3 heterocycles. The van der Waals surface area contributed by atoms with Gasteiger partial charge in [-0.1, -0.05) is 30.3 Å². The Bertz CT molecular complexity index is 1450. The first-order valence-corrected chi connectivity index (χ1v) is 11.7. The van der Waals surface area contributed by atoms with E-state index in [1.165, 1.54) is 16.8 Å². The number of hydrogen-bond donors (Lipinski definition) is 2. The number of anilines is 2. The van der Waals surface area contributed by atoms with Crippen LogP contribution in [0.5, 0.6) is 0 Å². The lowest BCUT2D eigenvalue weighted by Crippen LogP contribution is -2.35. The van der Waals surface area contributed by atoms with Crippen molar-refractivity contribution < 1.29 is 23.1 Å². The van der Waals surface area contributed by atoms with Crippen molar-refractivity contribution in [1.29, 1.82) is 0 Å². The molecule has 10 heteroatoms. The molecule has 2 aromatic carbocycles. The normalized spacial score (nSPS) is 13.8. The number of aromatic nitrogens is 3. The highest BCUT2D eigenvalue weighted by atomic mass is 19.4. The zero-order chi connectivity index (χ0) is 26.2. The first kappa shape index (κ1) is 24.5. The summed E-state index contributed by atoms with van der Waals surface area (Å²) >= 11 is 0. The molecule has 0 unspecified atom stereocenters. The highest BCUT2D eigenvalue weighted by Gasteiger charge is 2.34. The van der Waals surface area contributed by atoms with Crippen LogP contribution >= 0.6 is 0 Å². The highest BCUT2D eigenvalue weighted by Crippen LogP contribution is 2.39. The monoisotopic (exact) mass is 507 g/mol. The molecule has 0 bridgehead atoms. The van der Waals surface area contributed by atoms with Crippen molar-refractivity contribution >= 4 is 17.3 Å². The molecule has 0 amide bonds. The summed E-state index contributed by atoms with van der Waals surface area (Å²) in [5.41, 5.74) is 3.78. The molecule has 5 rings (SSSR count). The number of rotatable bonds is 6. The summed E-state index contributed by atoms with van der Waals surface area (Å²) in [6, 6.07) is 16.9. The molecule has 0 saturated heterocycles. The maximum Gasteiger partial charge on any atom is 0.417 e.